The lowest BCUT2D eigenvalue weighted by Crippen LogP contribution is -2.34. The zero-order valence-electron chi connectivity index (χ0n) is 18.2. The smallest absolute Gasteiger partial charge is 0.321 e. The molecule has 10 nitrogen and oxygen atoms in total. The number of nitrogens with zero attached hydrogens (tertiary/aromatic N) is 2. The van der Waals surface area contributed by atoms with Crippen LogP contribution in [0, 0.1) is 10.5 Å². The number of aryl methyl sites for hydroxylation is 1. The first-order chi connectivity index (χ1) is 16.1. The van der Waals surface area contributed by atoms with E-state index >= 15 is 0 Å². The Hall–Kier alpha value is -3.04. The third-order valence-corrected chi connectivity index (χ3v) is 7.13. The Morgan fingerprint density at radius 3 is 2.35 bits per heavy atom. The average Bonchev–Trinajstić information content (AvgIpc) is 2.80. The third kappa shape index (κ3) is 6.51. The number of sulfonamides is 1. The number of ether oxygens (including phenoxy) is 2. The van der Waals surface area contributed by atoms with E-state index in [-0.39, 0.29) is 33.6 Å². The Balaban J connectivity index is 1.66. The predicted octanol–water partition coefficient (Wildman–Crippen LogP) is 3.33. The molecule has 3 aromatic rings. The predicted molar refractivity (Wildman–Crippen MR) is 140 cm³/mol. The van der Waals surface area contributed by atoms with E-state index in [0.29, 0.717) is 11.3 Å². The highest BCUT2D eigenvalue weighted by Crippen LogP contribution is 2.21. The van der Waals surface area contributed by atoms with Crippen molar-refractivity contribution in [2.75, 3.05) is 24.3 Å². The molecule has 0 atom stereocenters. The second kappa shape index (κ2) is 10.9. The summed E-state index contributed by atoms with van der Waals surface area (Å²) in [5.74, 6) is -0.227. The van der Waals surface area contributed by atoms with Crippen LogP contribution in [0.3, 0.4) is 0 Å². The number of anilines is 2. The van der Waals surface area contributed by atoms with E-state index < -0.39 is 10.0 Å². The summed E-state index contributed by atoms with van der Waals surface area (Å²) in [6.07, 6.45) is 0. The lowest BCUT2D eigenvalue weighted by Gasteiger charge is -2.12. The van der Waals surface area contributed by atoms with E-state index in [2.05, 4.69) is 47.9 Å². The summed E-state index contributed by atoms with van der Waals surface area (Å²) in [7, 11) is -1.21. The quantitative estimate of drug-likeness (QED) is 0.271. The number of hydrogen-bond donors (Lipinski definition) is 3. The molecule has 34 heavy (non-hydrogen) atoms. The number of carbonyl (C=O) groups is 1. The minimum absolute atomic E-state index is 0.0134. The highest BCUT2D eigenvalue weighted by molar-refractivity contribution is 14.1. The van der Waals surface area contributed by atoms with Crippen LogP contribution < -0.4 is 24.8 Å². The number of amides is 1. The van der Waals surface area contributed by atoms with Crippen LogP contribution in [-0.2, 0) is 10.0 Å². The molecular formula is C21H20IN5O5S2. The molecule has 1 heterocycles. The van der Waals surface area contributed by atoms with Crippen LogP contribution in [0.15, 0.2) is 53.4 Å². The number of halogens is 1. The van der Waals surface area contributed by atoms with Crippen molar-refractivity contribution in [2.24, 2.45) is 0 Å². The molecule has 1 amide bonds. The highest BCUT2D eigenvalue weighted by Gasteiger charge is 2.17. The maximum absolute atomic E-state index is 12.7. The van der Waals surface area contributed by atoms with Crippen molar-refractivity contribution < 1.29 is 22.7 Å². The Morgan fingerprint density at radius 2 is 1.74 bits per heavy atom. The van der Waals surface area contributed by atoms with Crippen molar-refractivity contribution >= 4 is 67.4 Å². The number of thiocarbonyl (C=S) groups is 1. The van der Waals surface area contributed by atoms with E-state index in [1.54, 1.807) is 12.1 Å². The van der Waals surface area contributed by atoms with Crippen LogP contribution in [0.2, 0.25) is 0 Å². The molecule has 2 aromatic carbocycles. The molecule has 1 aromatic heterocycles. The fourth-order valence-corrected chi connectivity index (χ4v) is 4.36. The average molecular weight is 613 g/mol. The summed E-state index contributed by atoms with van der Waals surface area (Å²) < 4.78 is 38.8. The maximum atomic E-state index is 12.7. The molecule has 0 aliphatic carbocycles. The number of benzene rings is 2. The molecule has 0 spiro atoms. The Bertz CT molecular complexity index is 1310. The normalized spacial score (nSPS) is 10.8. The topological polar surface area (TPSA) is 132 Å². The van der Waals surface area contributed by atoms with Crippen LogP contribution in [0.1, 0.15) is 15.9 Å². The van der Waals surface area contributed by atoms with Crippen molar-refractivity contribution in [3.8, 4) is 11.9 Å². The zero-order valence-corrected chi connectivity index (χ0v) is 22.0. The molecule has 0 bridgehead atoms. The van der Waals surface area contributed by atoms with Crippen LogP contribution in [0.5, 0.6) is 11.9 Å². The van der Waals surface area contributed by atoms with E-state index in [0.717, 1.165) is 9.13 Å². The van der Waals surface area contributed by atoms with E-state index in [9.17, 15) is 13.2 Å². The molecule has 0 saturated carbocycles. The number of hydrogen-bond acceptors (Lipinski definition) is 8. The second-order valence-electron chi connectivity index (χ2n) is 6.78. The van der Waals surface area contributed by atoms with Crippen LogP contribution in [-0.4, -0.2) is 43.6 Å². The molecule has 0 aliphatic heterocycles. The molecule has 0 fully saturated rings. The van der Waals surface area contributed by atoms with Gasteiger partial charge in [-0.25, -0.2) is 8.42 Å². The number of nitrogens with one attached hydrogen (secondary N) is 3. The maximum Gasteiger partial charge on any atom is 0.321 e. The first-order valence-corrected chi connectivity index (χ1v) is 12.6. The largest absolute Gasteiger partial charge is 0.481 e. The van der Waals surface area contributed by atoms with Gasteiger partial charge in [-0.05, 0) is 83.7 Å². The van der Waals surface area contributed by atoms with Gasteiger partial charge < -0.3 is 14.8 Å². The van der Waals surface area contributed by atoms with Gasteiger partial charge in [0.2, 0.25) is 5.88 Å². The van der Waals surface area contributed by atoms with Gasteiger partial charge in [0.25, 0.3) is 15.9 Å². The zero-order chi connectivity index (χ0) is 24.9. The molecule has 178 valence electrons. The van der Waals surface area contributed by atoms with Crippen LogP contribution in [0.4, 0.5) is 11.5 Å². The molecule has 0 radical (unpaired) electrons. The summed E-state index contributed by atoms with van der Waals surface area (Å²) in [5.41, 5.74) is 2.04. The molecule has 13 heteroatoms. The minimum atomic E-state index is -3.95. The summed E-state index contributed by atoms with van der Waals surface area (Å²) in [4.78, 5) is 20.3. The number of rotatable bonds is 7. The molecule has 0 unspecified atom stereocenters. The first-order valence-electron chi connectivity index (χ1n) is 9.59. The van der Waals surface area contributed by atoms with Crippen LogP contribution >= 0.6 is 34.8 Å². The van der Waals surface area contributed by atoms with Gasteiger partial charge in [0, 0.05) is 20.9 Å². The number of carbonyl (C=O) groups excluding carboxylic acids is 1. The second-order valence-corrected chi connectivity index (χ2v) is 10.0. The van der Waals surface area contributed by atoms with Gasteiger partial charge in [-0.1, -0.05) is 6.07 Å². The van der Waals surface area contributed by atoms with E-state index in [1.807, 2.05) is 13.0 Å². The molecule has 0 aliphatic rings. The summed E-state index contributed by atoms with van der Waals surface area (Å²) in [5, 5.41) is 5.53. The van der Waals surface area contributed by atoms with Gasteiger partial charge in [0.1, 0.15) is 0 Å². The third-order valence-electron chi connectivity index (χ3n) is 4.40. The van der Waals surface area contributed by atoms with E-state index in [1.165, 1.54) is 44.6 Å². The summed E-state index contributed by atoms with van der Waals surface area (Å²) >= 11 is 7.35. The van der Waals surface area contributed by atoms with Crippen molar-refractivity contribution in [1.82, 2.24) is 15.3 Å². The molecule has 3 rings (SSSR count). The summed E-state index contributed by atoms with van der Waals surface area (Å²) in [6, 6.07) is 12.4. The fourth-order valence-electron chi connectivity index (χ4n) is 2.64. The SMILES string of the molecule is COc1cc(NS(=O)(=O)c2ccc(NC(=S)NC(=O)c3ccc(C)c(I)c3)cc2)nc(OC)n1. The van der Waals surface area contributed by atoms with Crippen molar-refractivity contribution in [1.29, 1.82) is 0 Å². The Morgan fingerprint density at radius 1 is 1.03 bits per heavy atom. The van der Waals surface area contributed by atoms with Gasteiger partial charge in [0.05, 0.1) is 19.1 Å². The monoisotopic (exact) mass is 613 g/mol. The highest BCUT2D eigenvalue weighted by atomic mass is 127. The molecule has 3 N–H and O–H groups in total. The Kier molecular flexibility index (Phi) is 8.22. The Labute approximate surface area is 215 Å². The number of methoxy groups -OCH3 is 2. The van der Waals surface area contributed by atoms with Crippen molar-refractivity contribution in [2.45, 2.75) is 11.8 Å². The van der Waals surface area contributed by atoms with Gasteiger partial charge >= 0.3 is 6.01 Å². The number of aromatic nitrogens is 2. The van der Waals surface area contributed by atoms with Crippen molar-refractivity contribution in [3.63, 3.8) is 0 Å². The van der Waals surface area contributed by atoms with Gasteiger partial charge in [-0.3, -0.25) is 14.8 Å². The van der Waals surface area contributed by atoms with Gasteiger partial charge in [-0.2, -0.15) is 9.97 Å². The first kappa shape index (κ1) is 25.6. The van der Waals surface area contributed by atoms with Gasteiger partial charge in [-0.15, -0.1) is 0 Å². The lowest BCUT2D eigenvalue weighted by molar-refractivity contribution is 0.0977. The minimum Gasteiger partial charge on any atom is -0.481 e. The van der Waals surface area contributed by atoms with E-state index in [4.69, 9.17) is 21.7 Å². The fraction of sp³-hybridized carbons (Fsp3) is 0.143. The van der Waals surface area contributed by atoms with Crippen molar-refractivity contribution in [3.05, 3.63) is 63.2 Å². The lowest BCUT2D eigenvalue weighted by atomic mass is 10.1. The standard InChI is InChI=1S/C21H20IN5O5S2/c1-12-4-5-13(10-16(12)22)19(28)26-21(33)23-14-6-8-15(9-7-14)34(29,30)27-17-11-18(31-2)25-20(24-17)32-3/h4-11H,1-3H3,(H,24,25,27)(H2,23,26,28,33). The molecule has 0 saturated heterocycles. The van der Waals surface area contributed by atoms with Gasteiger partial charge in [0.15, 0.2) is 10.9 Å². The molecular weight excluding hydrogens is 593 g/mol. The summed E-state index contributed by atoms with van der Waals surface area (Å²) in [6.45, 7) is 1.95. The van der Waals surface area contributed by atoms with Crippen LogP contribution in [0.25, 0.3) is 0 Å².